The van der Waals surface area contributed by atoms with Crippen LogP contribution in [0, 0.1) is 5.41 Å². The topological polar surface area (TPSA) is 29.9 Å². The molecule has 3 nitrogen and oxygen atoms in total. The van der Waals surface area contributed by atoms with E-state index >= 15 is 0 Å². The van der Waals surface area contributed by atoms with E-state index in [0.29, 0.717) is 11.5 Å². The minimum absolute atomic E-state index is 0.358. The van der Waals surface area contributed by atoms with E-state index in [2.05, 4.69) is 42.7 Å². The molecule has 3 heteroatoms. The molecule has 0 radical (unpaired) electrons. The minimum Gasteiger partial charge on any atom is -0.336 e. The lowest BCUT2D eigenvalue weighted by molar-refractivity contribution is 0.297. The first-order chi connectivity index (χ1) is 6.97. The number of hydrogen-bond acceptors (Lipinski definition) is 2. The average Bonchev–Trinajstić information content (AvgIpc) is 2.46. The summed E-state index contributed by atoms with van der Waals surface area (Å²) < 4.78 is 2.16. The molecule has 0 amide bonds. The molecule has 2 heterocycles. The molecule has 1 aliphatic rings. The van der Waals surface area contributed by atoms with Gasteiger partial charge in [0.2, 0.25) is 0 Å². The number of nitrogens with zero attached hydrogens (tertiary/aromatic N) is 2. The quantitative estimate of drug-likeness (QED) is 0.763. The highest BCUT2D eigenvalue weighted by molar-refractivity contribution is 5.21. The summed E-state index contributed by atoms with van der Waals surface area (Å²) in [6, 6.07) is 0.473. The molecule has 0 saturated heterocycles. The maximum atomic E-state index is 4.46. The summed E-state index contributed by atoms with van der Waals surface area (Å²) in [7, 11) is 2.09. The predicted octanol–water partition coefficient (Wildman–Crippen LogP) is 2.04. The highest BCUT2D eigenvalue weighted by Crippen LogP contribution is 2.32. The Hall–Kier alpha value is -0.830. The van der Waals surface area contributed by atoms with Gasteiger partial charge in [-0.1, -0.05) is 20.8 Å². The van der Waals surface area contributed by atoms with Gasteiger partial charge in [0.25, 0.3) is 0 Å². The molecule has 1 unspecified atom stereocenters. The summed E-state index contributed by atoms with van der Waals surface area (Å²) in [6.07, 6.45) is 4.17. The summed E-state index contributed by atoms with van der Waals surface area (Å²) in [5.41, 5.74) is 3.03. The largest absolute Gasteiger partial charge is 0.336 e. The maximum Gasteiger partial charge on any atom is 0.0949 e. The van der Waals surface area contributed by atoms with Crippen LogP contribution in [0.4, 0.5) is 0 Å². The van der Waals surface area contributed by atoms with E-state index in [4.69, 9.17) is 0 Å². The highest BCUT2D eigenvalue weighted by Gasteiger charge is 2.27. The van der Waals surface area contributed by atoms with Gasteiger partial charge in [-0.15, -0.1) is 0 Å². The summed E-state index contributed by atoms with van der Waals surface area (Å²) in [5, 5.41) is 3.60. The average molecular weight is 207 g/mol. The second kappa shape index (κ2) is 3.63. The Kier molecular flexibility index (Phi) is 2.59. The van der Waals surface area contributed by atoms with E-state index in [1.54, 1.807) is 0 Å². The number of aryl methyl sites for hydroxylation is 1. The van der Waals surface area contributed by atoms with Crippen molar-refractivity contribution in [2.45, 2.75) is 39.7 Å². The van der Waals surface area contributed by atoms with Crippen LogP contribution >= 0.6 is 0 Å². The maximum absolute atomic E-state index is 4.46. The van der Waals surface area contributed by atoms with Gasteiger partial charge in [-0.25, -0.2) is 4.98 Å². The van der Waals surface area contributed by atoms with Crippen LogP contribution in [0.2, 0.25) is 0 Å². The fourth-order valence-electron chi connectivity index (χ4n) is 2.37. The van der Waals surface area contributed by atoms with E-state index < -0.39 is 0 Å². The summed E-state index contributed by atoms with van der Waals surface area (Å²) in [6.45, 7) is 7.93. The van der Waals surface area contributed by atoms with Crippen molar-refractivity contribution in [1.82, 2.24) is 14.9 Å². The van der Waals surface area contributed by atoms with Crippen molar-refractivity contribution >= 4 is 0 Å². The van der Waals surface area contributed by atoms with E-state index in [-0.39, 0.29) is 0 Å². The second-order valence-electron chi connectivity index (χ2n) is 5.71. The Bertz CT molecular complexity index is 346. The first kappa shape index (κ1) is 10.7. The fraction of sp³-hybridized carbons (Fsp3) is 0.750. The standard InChI is InChI=1S/C12H21N3/c1-12(2,3)7-10-11-9(5-6-13-10)14-8-15(11)4/h8,10,13H,5-7H2,1-4H3. The van der Waals surface area contributed by atoms with Gasteiger partial charge >= 0.3 is 0 Å². The molecular weight excluding hydrogens is 186 g/mol. The third kappa shape index (κ3) is 2.23. The van der Waals surface area contributed by atoms with Crippen molar-refractivity contribution in [3.8, 4) is 0 Å². The summed E-state index contributed by atoms with van der Waals surface area (Å²) >= 11 is 0. The molecule has 0 spiro atoms. The fourth-order valence-corrected chi connectivity index (χ4v) is 2.37. The molecular formula is C12H21N3. The van der Waals surface area contributed by atoms with Crippen LogP contribution in [0.25, 0.3) is 0 Å². The molecule has 15 heavy (non-hydrogen) atoms. The van der Waals surface area contributed by atoms with Crippen molar-refractivity contribution in [3.63, 3.8) is 0 Å². The highest BCUT2D eigenvalue weighted by atomic mass is 15.1. The van der Waals surface area contributed by atoms with Crippen LogP contribution in [-0.4, -0.2) is 16.1 Å². The van der Waals surface area contributed by atoms with Gasteiger partial charge in [0.05, 0.1) is 17.7 Å². The van der Waals surface area contributed by atoms with Gasteiger partial charge in [0.15, 0.2) is 0 Å². The third-order valence-corrected chi connectivity index (χ3v) is 2.96. The molecule has 1 aromatic rings. The van der Waals surface area contributed by atoms with Crippen molar-refractivity contribution in [2.75, 3.05) is 6.54 Å². The van der Waals surface area contributed by atoms with E-state index in [1.807, 2.05) is 6.33 Å². The molecule has 0 aliphatic carbocycles. The van der Waals surface area contributed by atoms with Crippen LogP contribution in [0.15, 0.2) is 6.33 Å². The third-order valence-electron chi connectivity index (χ3n) is 2.96. The van der Waals surface area contributed by atoms with E-state index in [9.17, 15) is 0 Å². The van der Waals surface area contributed by atoms with Crippen molar-refractivity contribution in [1.29, 1.82) is 0 Å². The summed E-state index contributed by atoms with van der Waals surface area (Å²) in [5.74, 6) is 0. The molecule has 1 aromatic heterocycles. The van der Waals surface area contributed by atoms with Crippen LogP contribution in [0.5, 0.6) is 0 Å². The Morgan fingerprint density at radius 3 is 2.93 bits per heavy atom. The smallest absolute Gasteiger partial charge is 0.0949 e. The van der Waals surface area contributed by atoms with Gasteiger partial charge in [-0.2, -0.15) is 0 Å². The van der Waals surface area contributed by atoms with Crippen molar-refractivity contribution in [2.24, 2.45) is 12.5 Å². The van der Waals surface area contributed by atoms with Gasteiger partial charge in [0.1, 0.15) is 0 Å². The normalized spacial score (nSPS) is 21.5. The molecule has 0 bridgehead atoms. The number of fused-ring (bicyclic) bond motifs is 1. The van der Waals surface area contributed by atoms with Gasteiger partial charge in [-0.05, 0) is 11.8 Å². The van der Waals surface area contributed by atoms with Crippen LogP contribution in [0.1, 0.15) is 44.6 Å². The molecule has 0 aromatic carbocycles. The van der Waals surface area contributed by atoms with Gasteiger partial charge in [-0.3, -0.25) is 0 Å². The lowest BCUT2D eigenvalue weighted by Crippen LogP contribution is -2.33. The van der Waals surface area contributed by atoms with E-state index in [0.717, 1.165) is 13.0 Å². The lowest BCUT2D eigenvalue weighted by atomic mass is 9.85. The Morgan fingerprint density at radius 1 is 1.53 bits per heavy atom. The Labute approximate surface area is 91.9 Å². The molecule has 1 atom stereocenters. The predicted molar refractivity (Wildman–Crippen MR) is 61.7 cm³/mol. The molecule has 0 fully saturated rings. The van der Waals surface area contributed by atoms with Crippen LogP contribution in [0.3, 0.4) is 0 Å². The zero-order valence-corrected chi connectivity index (χ0v) is 10.2. The lowest BCUT2D eigenvalue weighted by Gasteiger charge is -2.30. The Morgan fingerprint density at radius 2 is 2.27 bits per heavy atom. The molecule has 84 valence electrons. The van der Waals surface area contributed by atoms with Crippen LogP contribution in [-0.2, 0) is 13.5 Å². The Balaban J connectivity index is 2.25. The number of hydrogen-bond donors (Lipinski definition) is 1. The monoisotopic (exact) mass is 207 g/mol. The van der Waals surface area contributed by atoms with Crippen LogP contribution < -0.4 is 5.32 Å². The number of rotatable bonds is 1. The zero-order chi connectivity index (χ0) is 11.1. The molecule has 2 rings (SSSR count). The summed E-state index contributed by atoms with van der Waals surface area (Å²) in [4.78, 5) is 4.46. The minimum atomic E-state index is 0.358. The second-order valence-corrected chi connectivity index (χ2v) is 5.71. The van der Waals surface area contributed by atoms with E-state index in [1.165, 1.54) is 17.8 Å². The SMILES string of the molecule is Cn1cnc2c1C(CC(C)(C)C)NCC2. The number of nitrogens with one attached hydrogen (secondary N) is 1. The van der Waals surface area contributed by atoms with Gasteiger partial charge in [0, 0.05) is 26.1 Å². The zero-order valence-electron chi connectivity index (χ0n) is 10.2. The first-order valence-electron chi connectivity index (χ1n) is 5.71. The number of imidazole rings is 1. The molecule has 1 aliphatic heterocycles. The van der Waals surface area contributed by atoms with Gasteiger partial charge < -0.3 is 9.88 Å². The number of aromatic nitrogens is 2. The molecule has 1 N–H and O–H groups in total. The van der Waals surface area contributed by atoms with Crippen molar-refractivity contribution < 1.29 is 0 Å². The first-order valence-corrected chi connectivity index (χ1v) is 5.71. The molecule has 0 saturated carbocycles. The van der Waals surface area contributed by atoms with Crippen molar-refractivity contribution in [3.05, 3.63) is 17.7 Å².